The van der Waals surface area contributed by atoms with E-state index < -0.39 is 5.75 Å². The number of anilines is 2. The van der Waals surface area contributed by atoms with E-state index in [1.54, 1.807) is 0 Å². The van der Waals surface area contributed by atoms with Gasteiger partial charge in [-0.25, -0.2) is 0 Å². The van der Waals surface area contributed by atoms with Crippen LogP contribution in [0.4, 0.5) is 11.4 Å². The van der Waals surface area contributed by atoms with Crippen molar-refractivity contribution in [3.63, 3.8) is 0 Å². The zero-order valence-corrected chi connectivity index (χ0v) is 11.8. The first-order chi connectivity index (χ1) is 10.6. The van der Waals surface area contributed by atoms with E-state index in [1.807, 2.05) is 54.6 Å². The molecule has 3 aromatic rings. The summed E-state index contributed by atoms with van der Waals surface area (Å²) in [5.74, 6) is -0.678. The molecule has 4 heteroatoms. The van der Waals surface area contributed by atoms with Crippen molar-refractivity contribution in [2.45, 2.75) is 0 Å². The van der Waals surface area contributed by atoms with Crippen LogP contribution in [0.1, 0.15) is 0 Å². The maximum absolute atomic E-state index is 9.84. The van der Waals surface area contributed by atoms with E-state index in [0.29, 0.717) is 5.56 Å². The average Bonchev–Trinajstić information content (AvgIpc) is 2.57. The van der Waals surface area contributed by atoms with E-state index in [1.165, 1.54) is 6.07 Å². The number of phenolic OH excluding ortho intramolecular Hbond substituents is 2. The van der Waals surface area contributed by atoms with E-state index in [0.717, 1.165) is 16.7 Å². The standard InChI is InChI=1S/C18H16N2O2/c19-16-14(10-15(21)18(22)17(16)20)13-9-5-4-8-12(13)11-6-2-1-3-7-11/h1-10,21-22H,19-20H2. The second-order valence-corrected chi connectivity index (χ2v) is 5.03. The molecule has 0 saturated carbocycles. The number of hydrogen-bond donors (Lipinski definition) is 4. The third-order valence-corrected chi connectivity index (χ3v) is 3.66. The van der Waals surface area contributed by atoms with Crippen LogP contribution in [0.3, 0.4) is 0 Å². The Hall–Kier alpha value is -3.14. The molecule has 0 amide bonds. The molecule has 0 bridgehead atoms. The maximum atomic E-state index is 9.84. The number of hydrogen-bond acceptors (Lipinski definition) is 4. The molecule has 6 N–H and O–H groups in total. The molecule has 3 rings (SSSR count). The van der Waals surface area contributed by atoms with Gasteiger partial charge >= 0.3 is 0 Å². The largest absolute Gasteiger partial charge is 0.504 e. The Labute approximate surface area is 128 Å². The summed E-state index contributed by atoms with van der Waals surface area (Å²) < 4.78 is 0. The third kappa shape index (κ3) is 2.20. The molecule has 0 aliphatic carbocycles. The first-order valence-electron chi connectivity index (χ1n) is 6.84. The van der Waals surface area contributed by atoms with Crippen molar-refractivity contribution < 1.29 is 10.2 Å². The number of aromatic hydroxyl groups is 2. The number of nitrogen functional groups attached to an aromatic ring is 2. The van der Waals surface area contributed by atoms with Crippen molar-refractivity contribution in [3.8, 4) is 33.8 Å². The van der Waals surface area contributed by atoms with Crippen molar-refractivity contribution >= 4 is 11.4 Å². The monoisotopic (exact) mass is 292 g/mol. The Balaban J connectivity index is 2.27. The van der Waals surface area contributed by atoms with Crippen LogP contribution in [0, 0.1) is 0 Å². The minimum absolute atomic E-state index is 0.0159. The minimum Gasteiger partial charge on any atom is -0.504 e. The van der Waals surface area contributed by atoms with Gasteiger partial charge in [0.2, 0.25) is 0 Å². The van der Waals surface area contributed by atoms with Gasteiger partial charge in [0.1, 0.15) is 5.69 Å². The maximum Gasteiger partial charge on any atom is 0.183 e. The molecule has 4 nitrogen and oxygen atoms in total. The average molecular weight is 292 g/mol. The highest BCUT2D eigenvalue weighted by Crippen LogP contribution is 2.44. The van der Waals surface area contributed by atoms with Crippen LogP contribution < -0.4 is 11.5 Å². The van der Waals surface area contributed by atoms with E-state index in [2.05, 4.69) is 0 Å². The van der Waals surface area contributed by atoms with Crippen molar-refractivity contribution in [2.24, 2.45) is 0 Å². The zero-order chi connectivity index (χ0) is 15.7. The van der Waals surface area contributed by atoms with Crippen molar-refractivity contribution in [3.05, 3.63) is 60.7 Å². The summed E-state index contributed by atoms with van der Waals surface area (Å²) in [7, 11) is 0. The number of phenols is 2. The van der Waals surface area contributed by atoms with Crippen LogP contribution >= 0.6 is 0 Å². The predicted octanol–water partition coefficient (Wildman–Crippen LogP) is 3.60. The summed E-state index contributed by atoms with van der Waals surface area (Å²) in [5.41, 5.74) is 15.5. The lowest BCUT2D eigenvalue weighted by atomic mass is 9.93. The van der Waals surface area contributed by atoms with Gasteiger partial charge in [0.15, 0.2) is 11.5 Å². The summed E-state index contributed by atoms with van der Waals surface area (Å²) in [4.78, 5) is 0. The van der Waals surface area contributed by atoms with Crippen LogP contribution in [0.5, 0.6) is 11.5 Å². The summed E-state index contributed by atoms with van der Waals surface area (Å²) in [6.07, 6.45) is 0. The summed E-state index contributed by atoms with van der Waals surface area (Å²) in [6, 6.07) is 19.0. The van der Waals surface area contributed by atoms with E-state index in [4.69, 9.17) is 11.5 Å². The smallest absolute Gasteiger partial charge is 0.183 e. The Morgan fingerprint density at radius 3 is 1.91 bits per heavy atom. The first-order valence-corrected chi connectivity index (χ1v) is 6.84. The van der Waals surface area contributed by atoms with Gasteiger partial charge in [-0.05, 0) is 22.8 Å². The van der Waals surface area contributed by atoms with E-state index in [9.17, 15) is 10.2 Å². The van der Waals surface area contributed by atoms with Gasteiger partial charge < -0.3 is 21.7 Å². The third-order valence-electron chi connectivity index (χ3n) is 3.66. The lowest BCUT2D eigenvalue weighted by Gasteiger charge is -2.15. The fourth-order valence-electron chi connectivity index (χ4n) is 2.50. The fourth-order valence-corrected chi connectivity index (χ4v) is 2.50. The van der Waals surface area contributed by atoms with Crippen molar-refractivity contribution in [1.82, 2.24) is 0 Å². The van der Waals surface area contributed by atoms with Crippen LogP contribution in [-0.4, -0.2) is 10.2 Å². The SMILES string of the molecule is Nc1c(-c2ccccc2-c2ccccc2)cc(O)c(O)c1N. The van der Waals surface area contributed by atoms with E-state index >= 15 is 0 Å². The Bertz CT molecular complexity index is 830. The molecule has 0 atom stereocenters. The molecular weight excluding hydrogens is 276 g/mol. The summed E-state index contributed by atoms with van der Waals surface area (Å²) in [5, 5.41) is 19.5. The molecule has 0 aliphatic rings. The van der Waals surface area contributed by atoms with Crippen LogP contribution in [0.15, 0.2) is 60.7 Å². The van der Waals surface area contributed by atoms with E-state index in [-0.39, 0.29) is 17.1 Å². The second-order valence-electron chi connectivity index (χ2n) is 5.03. The number of nitrogens with two attached hydrogens (primary N) is 2. The molecular formula is C18H16N2O2. The number of benzene rings is 3. The van der Waals surface area contributed by atoms with Gasteiger partial charge in [-0.1, -0.05) is 54.6 Å². The topological polar surface area (TPSA) is 92.5 Å². The van der Waals surface area contributed by atoms with Gasteiger partial charge in [-0.3, -0.25) is 0 Å². The molecule has 0 saturated heterocycles. The first kappa shape index (κ1) is 13.8. The zero-order valence-electron chi connectivity index (χ0n) is 11.8. The van der Waals surface area contributed by atoms with Crippen LogP contribution in [0.2, 0.25) is 0 Å². The Morgan fingerprint density at radius 1 is 0.636 bits per heavy atom. The van der Waals surface area contributed by atoms with Gasteiger partial charge in [0.05, 0.1) is 5.69 Å². The van der Waals surface area contributed by atoms with Crippen molar-refractivity contribution in [2.75, 3.05) is 11.5 Å². The Morgan fingerprint density at radius 2 is 1.23 bits per heavy atom. The molecule has 0 spiro atoms. The Kier molecular flexibility index (Phi) is 3.35. The summed E-state index contributed by atoms with van der Waals surface area (Å²) >= 11 is 0. The molecule has 0 aliphatic heterocycles. The lowest BCUT2D eigenvalue weighted by Crippen LogP contribution is -1.99. The normalized spacial score (nSPS) is 10.5. The van der Waals surface area contributed by atoms with Gasteiger partial charge in [0.25, 0.3) is 0 Å². The molecule has 0 unspecified atom stereocenters. The lowest BCUT2D eigenvalue weighted by molar-refractivity contribution is 0.406. The van der Waals surface area contributed by atoms with Gasteiger partial charge in [-0.15, -0.1) is 0 Å². The van der Waals surface area contributed by atoms with Gasteiger partial charge in [0, 0.05) is 5.56 Å². The molecule has 0 aromatic heterocycles. The highest BCUT2D eigenvalue weighted by Gasteiger charge is 2.16. The highest BCUT2D eigenvalue weighted by atomic mass is 16.3. The van der Waals surface area contributed by atoms with Crippen LogP contribution in [-0.2, 0) is 0 Å². The molecule has 22 heavy (non-hydrogen) atoms. The quantitative estimate of drug-likeness (QED) is 0.330. The molecule has 0 heterocycles. The minimum atomic E-state index is -0.390. The summed E-state index contributed by atoms with van der Waals surface area (Å²) in [6.45, 7) is 0. The van der Waals surface area contributed by atoms with Crippen molar-refractivity contribution in [1.29, 1.82) is 0 Å². The second kappa shape index (κ2) is 5.33. The van der Waals surface area contributed by atoms with Crippen LogP contribution in [0.25, 0.3) is 22.3 Å². The predicted molar refractivity (Wildman–Crippen MR) is 89.5 cm³/mol. The molecule has 110 valence electrons. The number of rotatable bonds is 2. The molecule has 0 fully saturated rings. The highest BCUT2D eigenvalue weighted by molar-refractivity contribution is 5.95. The molecule has 3 aromatic carbocycles. The fraction of sp³-hybridized carbons (Fsp3) is 0. The molecule has 0 radical (unpaired) electrons. The van der Waals surface area contributed by atoms with Gasteiger partial charge in [-0.2, -0.15) is 0 Å².